The highest BCUT2D eigenvalue weighted by molar-refractivity contribution is 5.26. The van der Waals surface area contributed by atoms with Gasteiger partial charge in [0.15, 0.2) is 0 Å². The first-order valence-corrected chi connectivity index (χ1v) is 4.89. The van der Waals surface area contributed by atoms with Crippen LogP contribution in [0.15, 0.2) is 25.4 Å². The molecular formula is C11H17N. The van der Waals surface area contributed by atoms with Gasteiger partial charge in [-0.3, -0.25) is 0 Å². The van der Waals surface area contributed by atoms with Crippen LogP contribution in [0.3, 0.4) is 0 Å². The molecule has 1 nitrogen and oxygen atoms in total. The summed E-state index contributed by atoms with van der Waals surface area (Å²) in [6.07, 6.45) is 10.9. The van der Waals surface area contributed by atoms with Crippen LogP contribution >= 0.6 is 0 Å². The Morgan fingerprint density at radius 3 is 2.25 bits per heavy atom. The van der Waals surface area contributed by atoms with Crippen LogP contribution in [0.25, 0.3) is 0 Å². The topological polar surface area (TPSA) is 3.01 Å². The predicted octanol–water partition coefficient (Wildman–Crippen LogP) is 2.70. The molecule has 0 radical (unpaired) electrons. The number of nitrogens with zero attached hydrogens (tertiary/aromatic N) is 1. The van der Waals surface area contributed by atoms with E-state index in [1.54, 1.807) is 0 Å². The predicted molar refractivity (Wildman–Crippen MR) is 51.8 cm³/mol. The van der Waals surface area contributed by atoms with Gasteiger partial charge in [0, 0.05) is 0 Å². The molecular weight excluding hydrogens is 146 g/mol. The highest BCUT2D eigenvalue weighted by Crippen LogP contribution is 2.51. The molecule has 1 aliphatic heterocycles. The summed E-state index contributed by atoms with van der Waals surface area (Å²) in [6.45, 7) is 7.73. The average molecular weight is 163 g/mol. The second-order valence-electron chi connectivity index (χ2n) is 3.93. The van der Waals surface area contributed by atoms with Crippen molar-refractivity contribution in [1.29, 1.82) is 0 Å². The molecule has 12 heavy (non-hydrogen) atoms. The quantitative estimate of drug-likeness (QED) is 0.447. The molecule has 2 aliphatic rings. The molecule has 66 valence electrons. The molecule has 0 aromatic carbocycles. The summed E-state index contributed by atoms with van der Waals surface area (Å²) in [4.78, 5) is 2.37. The Kier molecular flexibility index (Phi) is 1.75. The maximum Gasteiger partial charge on any atom is 0.0703 e. The van der Waals surface area contributed by atoms with Crippen molar-refractivity contribution in [2.75, 3.05) is 0 Å². The van der Waals surface area contributed by atoms with E-state index in [1.807, 2.05) is 6.20 Å². The fourth-order valence-electron chi connectivity index (χ4n) is 2.77. The first kappa shape index (κ1) is 7.90. The van der Waals surface area contributed by atoms with Crippen molar-refractivity contribution in [3.63, 3.8) is 0 Å². The maximum atomic E-state index is 3.88. The van der Waals surface area contributed by atoms with Gasteiger partial charge in [0.1, 0.15) is 0 Å². The summed E-state index contributed by atoms with van der Waals surface area (Å²) in [5.41, 5.74) is 0.460. The van der Waals surface area contributed by atoms with Crippen LogP contribution in [0.5, 0.6) is 0 Å². The van der Waals surface area contributed by atoms with Crippen molar-refractivity contribution < 1.29 is 0 Å². The number of rotatable bonds is 2. The first-order chi connectivity index (χ1) is 5.85. The Balaban J connectivity index is 2.11. The molecule has 0 aromatic rings. The third-order valence-corrected chi connectivity index (χ3v) is 3.44. The summed E-state index contributed by atoms with van der Waals surface area (Å²) in [6, 6.07) is 0.593. The third-order valence-electron chi connectivity index (χ3n) is 3.44. The molecule has 0 bridgehead atoms. The van der Waals surface area contributed by atoms with Gasteiger partial charge in [-0.15, -0.1) is 6.58 Å². The van der Waals surface area contributed by atoms with Gasteiger partial charge in [-0.25, -0.2) is 0 Å². The van der Waals surface area contributed by atoms with Crippen molar-refractivity contribution >= 4 is 0 Å². The van der Waals surface area contributed by atoms with Gasteiger partial charge < -0.3 is 4.90 Å². The molecule has 1 spiro atoms. The molecule has 0 aromatic heterocycles. The second kappa shape index (κ2) is 2.65. The summed E-state index contributed by atoms with van der Waals surface area (Å²) in [5, 5.41) is 0. The standard InChI is InChI=1S/C11H17N/c1-3-10-11(12(10)4-2)8-6-5-7-9-11/h3-4,10H,1-2,5-9H2. The molecule has 1 aliphatic carbocycles. The molecule has 1 unspecified atom stereocenters. The fourth-order valence-corrected chi connectivity index (χ4v) is 2.77. The molecule has 0 amide bonds. The summed E-state index contributed by atoms with van der Waals surface area (Å²) in [5.74, 6) is 0. The van der Waals surface area contributed by atoms with E-state index in [9.17, 15) is 0 Å². The van der Waals surface area contributed by atoms with Crippen LogP contribution < -0.4 is 0 Å². The van der Waals surface area contributed by atoms with E-state index in [0.29, 0.717) is 11.6 Å². The normalized spacial score (nSPS) is 31.7. The van der Waals surface area contributed by atoms with Gasteiger partial charge >= 0.3 is 0 Å². The van der Waals surface area contributed by atoms with Crippen molar-refractivity contribution in [2.24, 2.45) is 0 Å². The molecule has 1 heterocycles. The molecule has 2 fully saturated rings. The van der Waals surface area contributed by atoms with Crippen LogP contribution in [0.2, 0.25) is 0 Å². The summed E-state index contributed by atoms with van der Waals surface area (Å²) in [7, 11) is 0. The van der Waals surface area contributed by atoms with Gasteiger partial charge in [0.2, 0.25) is 0 Å². The smallest absolute Gasteiger partial charge is 0.0703 e. The highest BCUT2D eigenvalue weighted by Gasteiger charge is 2.58. The van der Waals surface area contributed by atoms with E-state index in [-0.39, 0.29) is 0 Å². The molecule has 2 rings (SSSR count). The SMILES string of the molecule is C=CC1N(C=C)C12CCCCC2. The largest absolute Gasteiger partial charge is 0.361 e. The zero-order chi connectivity index (χ0) is 8.60. The van der Waals surface area contributed by atoms with E-state index < -0.39 is 0 Å². The molecule has 1 atom stereocenters. The average Bonchev–Trinajstić information content (AvgIpc) is 2.73. The van der Waals surface area contributed by atoms with Crippen LogP contribution in [0.4, 0.5) is 0 Å². The zero-order valence-electron chi connectivity index (χ0n) is 7.63. The third kappa shape index (κ3) is 0.855. The van der Waals surface area contributed by atoms with Crippen molar-refractivity contribution in [3.8, 4) is 0 Å². The van der Waals surface area contributed by atoms with Crippen molar-refractivity contribution in [3.05, 3.63) is 25.4 Å². The van der Waals surface area contributed by atoms with E-state index in [1.165, 1.54) is 32.1 Å². The van der Waals surface area contributed by atoms with Crippen molar-refractivity contribution in [2.45, 2.75) is 43.7 Å². The second-order valence-corrected chi connectivity index (χ2v) is 3.93. The van der Waals surface area contributed by atoms with E-state index in [2.05, 4.69) is 24.1 Å². The summed E-state index contributed by atoms with van der Waals surface area (Å²) >= 11 is 0. The minimum atomic E-state index is 0.460. The van der Waals surface area contributed by atoms with Crippen LogP contribution in [0.1, 0.15) is 32.1 Å². The molecule has 1 heteroatoms. The monoisotopic (exact) mass is 163 g/mol. The molecule has 1 saturated carbocycles. The van der Waals surface area contributed by atoms with Crippen molar-refractivity contribution in [1.82, 2.24) is 4.90 Å². The Labute approximate surface area is 74.8 Å². The first-order valence-electron chi connectivity index (χ1n) is 4.89. The van der Waals surface area contributed by atoms with Gasteiger partial charge in [-0.2, -0.15) is 0 Å². The lowest BCUT2D eigenvalue weighted by atomic mass is 9.86. The Hall–Kier alpha value is -0.720. The number of hydrogen-bond acceptors (Lipinski definition) is 1. The molecule has 0 N–H and O–H groups in total. The van der Waals surface area contributed by atoms with Crippen LogP contribution in [-0.4, -0.2) is 16.5 Å². The Morgan fingerprint density at radius 2 is 1.83 bits per heavy atom. The maximum absolute atomic E-state index is 3.88. The van der Waals surface area contributed by atoms with Gasteiger partial charge in [-0.1, -0.05) is 31.9 Å². The van der Waals surface area contributed by atoms with E-state index in [0.717, 1.165) is 0 Å². The minimum Gasteiger partial charge on any atom is -0.361 e. The number of hydrogen-bond donors (Lipinski definition) is 0. The zero-order valence-corrected chi connectivity index (χ0v) is 7.63. The minimum absolute atomic E-state index is 0.460. The fraction of sp³-hybridized carbons (Fsp3) is 0.636. The lowest BCUT2D eigenvalue weighted by molar-refractivity contribution is 0.352. The molecule has 1 saturated heterocycles. The Morgan fingerprint density at radius 1 is 1.17 bits per heavy atom. The van der Waals surface area contributed by atoms with E-state index in [4.69, 9.17) is 0 Å². The van der Waals surface area contributed by atoms with Crippen LogP contribution in [-0.2, 0) is 0 Å². The van der Waals surface area contributed by atoms with E-state index >= 15 is 0 Å². The van der Waals surface area contributed by atoms with Gasteiger partial charge in [0.05, 0.1) is 11.6 Å². The lowest BCUT2D eigenvalue weighted by Gasteiger charge is -2.21. The highest BCUT2D eigenvalue weighted by atomic mass is 15.4. The lowest BCUT2D eigenvalue weighted by Crippen LogP contribution is -2.20. The van der Waals surface area contributed by atoms with Crippen LogP contribution in [0, 0.1) is 0 Å². The Bertz CT molecular complexity index is 185. The summed E-state index contributed by atoms with van der Waals surface area (Å²) < 4.78 is 0. The van der Waals surface area contributed by atoms with Gasteiger partial charge in [-0.05, 0) is 19.0 Å². The van der Waals surface area contributed by atoms with Gasteiger partial charge in [0.25, 0.3) is 0 Å².